The Hall–Kier alpha value is -0.830. The van der Waals surface area contributed by atoms with Crippen LogP contribution in [-0.4, -0.2) is 19.8 Å². The predicted octanol–water partition coefficient (Wildman–Crippen LogP) is 0.0881. The van der Waals surface area contributed by atoms with Gasteiger partial charge in [0.05, 0.1) is 0 Å². The number of likely N-dealkylation sites (N-methyl/N-ethyl adjacent to an activating group) is 1. The molecule has 3 nitrogen and oxygen atoms in total. The first kappa shape index (κ1) is 8.17. The van der Waals surface area contributed by atoms with Gasteiger partial charge in [-0.3, -0.25) is 0 Å². The molecule has 0 saturated carbocycles. The third-order valence-corrected chi connectivity index (χ3v) is 1.05. The van der Waals surface area contributed by atoms with Crippen molar-refractivity contribution >= 4 is 6.21 Å². The third kappa shape index (κ3) is 2.87. The monoisotopic (exact) mass is 127 g/mol. The fraction of sp³-hybridized carbons (Fsp3) is 0.500. The van der Waals surface area contributed by atoms with Crippen molar-refractivity contribution < 1.29 is 0 Å². The maximum Gasteiger partial charge on any atom is 0.0239 e. The van der Waals surface area contributed by atoms with Crippen molar-refractivity contribution in [2.75, 3.05) is 13.6 Å². The lowest BCUT2D eigenvalue weighted by Crippen LogP contribution is -2.14. The molecule has 0 atom stereocenters. The molecule has 0 bridgehead atoms. The van der Waals surface area contributed by atoms with Gasteiger partial charge in [-0.1, -0.05) is 0 Å². The van der Waals surface area contributed by atoms with E-state index in [1.54, 1.807) is 6.92 Å². The second-order valence-electron chi connectivity index (χ2n) is 1.88. The van der Waals surface area contributed by atoms with Crippen LogP contribution in [0.5, 0.6) is 0 Å². The van der Waals surface area contributed by atoms with Crippen molar-refractivity contribution in [3.8, 4) is 0 Å². The lowest BCUT2D eigenvalue weighted by molar-refractivity contribution is 0.893. The highest BCUT2D eigenvalue weighted by molar-refractivity contribution is 5.77. The lowest BCUT2D eigenvalue weighted by Gasteiger charge is -2.00. The number of hydrogen-bond donors (Lipinski definition) is 3. The summed E-state index contributed by atoms with van der Waals surface area (Å²) >= 11 is 0. The first-order valence-electron chi connectivity index (χ1n) is 2.82. The first-order valence-corrected chi connectivity index (χ1v) is 2.82. The van der Waals surface area contributed by atoms with Crippen molar-refractivity contribution in [2.24, 2.45) is 5.73 Å². The molecule has 3 heteroatoms. The van der Waals surface area contributed by atoms with Gasteiger partial charge in [-0.25, -0.2) is 0 Å². The average molecular weight is 127 g/mol. The molecule has 0 amide bonds. The van der Waals surface area contributed by atoms with E-state index in [9.17, 15) is 0 Å². The van der Waals surface area contributed by atoms with E-state index in [1.165, 1.54) is 6.21 Å². The molecule has 0 aromatic rings. The standard InChI is InChI=1S/C6H13N3/c1-5(8)6(3-7)4-9-2/h3,7,9H,4,8H2,1-2H3. The largest absolute Gasteiger partial charge is 0.402 e. The molecule has 9 heavy (non-hydrogen) atoms. The van der Waals surface area contributed by atoms with Crippen molar-refractivity contribution in [3.63, 3.8) is 0 Å². The number of nitrogens with one attached hydrogen (secondary N) is 2. The van der Waals surface area contributed by atoms with Crippen LogP contribution >= 0.6 is 0 Å². The van der Waals surface area contributed by atoms with E-state index in [0.717, 1.165) is 5.57 Å². The van der Waals surface area contributed by atoms with Gasteiger partial charge in [0.25, 0.3) is 0 Å². The summed E-state index contributed by atoms with van der Waals surface area (Å²) in [5.41, 5.74) is 6.97. The van der Waals surface area contributed by atoms with E-state index in [4.69, 9.17) is 11.1 Å². The minimum Gasteiger partial charge on any atom is -0.402 e. The third-order valence-electron chi connectivity index (χ3n) is 1.05. The van der Waals surface area contributed by atoms with Crippen LogP contribution in [0.1, 0.15) is 6.92 Å². The van der Waals surface area contributed by atoms with E-state index < -0.39 is 0 Å². The number of nitrogens with two attached hydrogens (primary N) is 1. The minimum atomic E-state index is 0.672. The zero-order valence-electron chi connectivity index (χ0n) is 5.86. The molecule has 4 N–H and O–H groups in total. The fourth-order valence-electron chi connectivity index (χ4n) is 0.495. The molecule has 0 aromatic heterocycles. The molecule has 0 heterocycles. The molecular formula is C6H13N3. The fourth-order valence-corrected chi connectivity index (χ4v) is 0.495. The van der Waals surface area contributed by atoms with Crippen molar-refractivity contribution in [1.29, 1.82) is 5.41 Å². The van der Waals surface area contributed by atoms with E-state index in [2.05, 4.69) is 5.32 Å². The first-order chi connectivity index (χ1) is 4.22. The Balaban J connectivity index is 3.98. The van der Waals surface area contributed by atoms with E-state index in [0.29, 0.717) is 12.2 Å². The molecular weight excluding hydrogens is 114 g/mol. The molecule has 52 valence electrons. The number of hydrogen-bond acceptors (Lipinski definition) is 3. The van der Waals surface area contributed by atoms with Crippen LogP contribution in [0.2, 0.25) is 0 Å². The Labute approximate surface area is 55.4 Å². The lowest BCUT2D eigenvalue weighted by atomic mass is 10.2. The van der Waals surface area contributed by atoms with Gasteiger partial charge in [-0.2, -0.15) is 0 Å². The summed E-state index contributed by atoms with van der Waals surface area (Å²) in [5.74, 6) is 0. The second kappa shape index (κ2) is 4.09. The highest BCUT2D eigenvalue weighted by Gasteiger charge is 1.91. The predicted molar refractivity (Wildman–Crippen MR) is 39.6 cm³/mol. The van der Waals surface area contributed by atoms with Gasteiger partial charge >= 0.3 is 0 Å². The molecule has 0 saturated heterocycles. The molecule has 0 aromatic carbocycles. The van der Waals surface area contributed by atoms with Crippen LogP contribution in [0.3, 0.4) is 0 Å². The molecule has 0 fully saturated rings. The summed E-state index contributed by atoms with van der Waals surface area (Å²) in [6.07, 6.45) is 1.27. The SMILES string of the molecule is CNCC(C=N)=C(C)N. The van der Waals surface area contributed by atoms with Crippen LogP contribution in [0.4, 0.5) is 0 Å². The summed E-state index contributed by atoms with van der Waals surface area (Å²) in [7, 11) is 1.83. The molecule has 0 spiro atoms. The highest BCUT2D eigenvalue weighted by atomic mass is 14.8. The van der Waals surface area contributed by atoms with Crippen LogP contribution in [-0.2, 0) is 0 Å². The minimum absolute atomic E-state index is 0.672. The zero-order valence-corrected chi connectivity index (χ0v) is 5.86. The normalized spacial score (nSPS) is 12.7. The van der Waals surface area contributed by atoms with E-state index >= 15 is 0 Å². The molecule has 0 unspecified atom stereocenters. The Morgan fingerprint density at radius 2 is 2.33 bits per heavy atom. The van der Waals surface area contributed by atoms with Gasteiger partial charge in [-0.05, 0) is 14.0 Å². The van der Waals surface area contributed by atoms with Gasteiger partial charge in [0, 0.05) is 24.0 Å². The van der Waals surface area contributed by atoms with E-state index in [-0.39, 0.29) is 0 Å². The summed E-state index contributed by atoms with van der Waals surface area (Å²) in [5, 5.41) is 9.80. The highest BCUT2D eigenvalue weighted by Crippen LogP contribution is 1.90. The average Bonchev–Trinajstić information content (AvgIpc) is 1.82. The van der Waals surface area contributed by atoms with Crippen LogP contribution in [0, 0.1) is 5.41 Å². The maximum atomic E-state index is 6.89. The number of allylic oxidation sites excluding steroid dienone is 1. The Morgan fingerprint density at radius 3 is 2.44 bits per heavy atom. The molecule has 0 radical (unpaired) electrons. The molecule has 0 aliphatic carbocycles. The second-order valence-corrected chi connectivity index (χ2v) is 1.88. The maximum absolute atomic E-state index is 6.89. The summed E-state index contributed by atoms with van der Waals surface area (Å²) in [6, 6.07) is 0. The van der Waals surface area contributed by atoms with Crippen LogP contribution in [0.25, 0.3) is 0 Å². The van der Waals surface area contributed by atoms with Crippen molar-refractivity contribution in [1.82, 2.24) is 5.32 Å². The van der Waals surface area contributed by atoms with E-state index in [1.807, 2.05) is 7.05 Å². The summed E-state index contributed by atoms with van der Waals surface area (Å²) < 4.78 is 0. The molecule has 0 aliphatic heterocycles. The topological polar surface area (TPSA) is 61.9 Å². The van der Waals surface area contributed by atoms with Gasteiger partial charge in [0.15, 0.2) is 0 Å². The van der Waals surface area contributed by atoms with Crippen LogP contribution in [0.15, 0.2) is 11.3 Å². The smallest absolute Gasteiger partial charge is 0.0239 e. The van der Waals surface area contributed by atoms with Gasteiger partial charge in [0.2, 0.25) is 0 Å². The molecule has 0 aliphatic rings. The van der Waals surface area contributed by atoms with Crippen molar-refractivity contribution in [3.05, 3.63) is 11.3 Å². The van der Waals surface area contributed by atoms with Gasteiger partial charge in [-0.15, -0.1) is 0 Å². The summed E-state index contributed by atoms with van der Waals surface area (Å²) in [6.45, 7) is 2.46. The van der Waals surface area contributed by atoms with Crippen molar-refractivity contribution in [2.45, 2.75) is 6.92 Å². The zero-order chi connectivity index (χ0) is 7.28. The Bertz CT molecular complexity index is 122. The summed E-state index contributed by atoms with van der Waals surface area (Å²) in [4.78, 5) is 0. The van der Waals surface area contributed by atoms with Gasteiger partial charge in [0.1, 0.15) is 0 Å². The number of rotatable bonds is 3. The molecule has 0 rings (SSSR count). The quantitative estimate of drug-likeness (QED) is 0.470. The Kier molecular flexibility index (Phi) is 3.71. The van der Waals surface area contributed by atoms with Gasteiger partial charge < -0.3 is 16.5 Å². The van der Waals surface area contributed by atoms with Crippen LogP contribution < -0.4 is 11.1 Å². The Morgan fingerprint density at radius 1 is 1.78 bits per heavy atom.